The van der Waals surface area contributed by atoms with E-state index in [2.05, 4.69) is 29.9 Å². The first-order valence-electron chi connectivity index (χ1n) is 10.7. The molecule has 5 heteroatoms. The van der Waals surface area contributed by atoms with Crippen molar-refractivity contribution in [2.75, 3.05) is 7.11 Å². The molecule has 0 heterocycles. The average Bonchev–Trinajstić information content (AvgIpc) is 3.01. The Hall–Kier alpha value is -1.62. The number of hydrogen-bond donors (Lipinski definition) is 1. The molecule has 1 N–H and O–H groups in total. The van der Waals surface area contributed by atoms with E-state index in [-0.39, 0.29) is 30.1 Å². The molecule has 0 aliphatic heterocycles. The minimum atomic E-state index is -0.290. The number of allylic oxidation sites excluding steroid dienone is 3. The van der Waals surface area contributed by atoms with Crippen LogP contribution in [0.3, 0.4) is 0 Å². The first-order chi connectivity index (χ1) is 13.5. The zero-order chi connectivity index (χ0) is 20.8. The third-order valence-corrected chi connectivity index (χ3v) is 5.38. The van der Waals surface area contributed by atoms with Crippen LogP contribution < -0.4 is 0 Å². The largest absolute Gasteiger partial charge is 0.469 e. The summed E-state index contributed by atoms with van der Waals surface area (Å²) in [6.07, 6.45) is 16.7. The molecular formula is C23H38O5. The quantitative estimate of drug-likeness (QED) is 0.278. The Balaban J connectivity index is 2.51. The lowest BCUT2D eigenvalue weighted by Crippen LogP contribution is -2.18. The number of unbranched alkanes of at least 4 members (excludes halogenated alkanes) is 3. The van der Waals surface area contributed by atoms with Gasteiger partial charge in [-0.3, -0.25) is 9.59 Å². The molecule has 0 saturated heterocycles. The summed E-state index contributed by atoms with van der Waals surface area (Å²) < 4.78 is 10.1. The summed E-state index contributed by atoms with van der Waals surface area (Å²) in [5, 5.41) is 10.3. The van der Waals surface area contributed by atoms with E-state index in [4.69, 9.17) is 4.74 Å². The van der Waals surface area contributed by atoms with Crippen LogP contribution in [0.25, 0.3) is 0 Å². The van der Waals surface area contributed by atoms with Crippen LogP contribution in [-0.4, -0.2) is 36.4 Å². The van der Waals surface area contributed by atoms with Gasteiger partial charge < -0.3 is 14.6 Å². The summed E-state index contributed by atoms with van der Waals surface area (Å²) in [5.74, 6) is 0.0795. The zero-order valence-electron chi connectivity index (χ0n) is 17.8. The van der Waals surface area contributed by atoms with E-state index < -0.39 is 0 Å². The maximum atomic E-state index is 11.4. The molecule has 1 aliphatic rings. The van der Waals surface area contributed by atoms with Gasteiger partial charge in [-0.2, -0.15) is 0 Å². The van der Waals surface area contributed by atoms with Crippen LogP contribution in [0, 0.1) is 11.8 Å². The summed E-state index contributed by atoms with van der Waals surface area (Å²) >= 11 is 0. The molecule has 4 unspecified atom stereocenters. The number of carbonyl (C=O) groups is 2. The fourth-order valence-electron chi connectivity index (χ4n) is 3.75. The normalized spacial score (nSPS) is 23.4. The van der Waals surface area contributed by atoms with Crippen molar-refractivity contribution >= 4 is 11.9 Å². The SMILES string of the molecule is CCCCCC(/C=C/C1CCC(O)C1C/C=C/CCCC(=O)OC)OC(C)=O. The Bertz CT molecular complexity index is 511. The van der Waals surface area contributed by atoms with Crippen LogP contribution in [0.2, 0.25) is 0 Å². The van der Waals surface area contributed by atoms with Gasteiger partial charge in [0.25, 0.3) is 0 Å². The highest BCUT2D eigenvalue weighted by Crippen LogP contribution is 2.36. The molecule has 160 valence electrons. The van der Waals surface area contributed by atoms with E-state index in [1.165, 1.54) is 14.0 Å². The Kier molecular flexibility index (Phi) is 12.5. The van der Waals surface area contributed by atoms with E-state index in [0.717, 1.165) is 57.8 Å². The van der Waals surface area contributed by atoms with Crippen LogP contribution >= 0.6 is 0 Å². The second-order valence-corrected chi connectivity index (χ2v) is 7.68. The van der Waals surface area contributed by atoms with Gasteiger partial charge in [0.1, 0.15) is 6.10 Å². The second-order valence-electron chi connectivity index (χ2n) is 7.68. The first kappa shape index (κ1) is 24.4. The van der Waals surface area contributed by atoms with Gasteiger partial charge in [-0.05, 0) is 62.9 Å². The Morgan fingerprint density at radius 1 is 1.18 bits per heavy atom. The zero-order valence-corrected chi connectivity index (χ0v) is 17.8. The molecule has 1 saturated carbocycles. The van der Waals surface area contributed by atoms with E-state index in [9.17, 15) is 14.7 Å². The van der Waals surface area contributed by atoms with Gasteiger partial charge >= 0.3 is 11.9 Å². The molecule has 1 aliphatic carbocycles. The predicted molar refractivity (Wildman–Crippen MR) is 111 cm³/mol. The highest BCUT2D eigenvalue weighted by molar-refractivity contribution is 5.69. The van der Waals surface area contributed by atoms with Crippen LogP contribution in [0.4, 0.5) is 0 Å². The number of rotatable bonds is 13. The van der Waals surface area contributed by atoms with Crippen molar-refractivity contribution in [1.82, 2.24) is 0 Å². The Labute approximate surface area is 170 Å². The number of esters is 2. The van der Waals surface area contributed by atoms with Gasteiger partial charge in [-0.25, -0.2) is 0 Å². The summed E-state index contributed by atoms with van der Waals surface area (Å²) in [4.78, 5) is 22.5. The monoisotopic (exact) mass is 394 g/mol. The molecular weight excluding hydrogens is 356 g/mol. The molecule has 0 aromatic carbocycles. The van der Waals surface area contributed by atoms with Crippen LogP contribution in [-0.2, 0) is 19.1 Å². The van der Waals surface area contributed by atoms with Crippen LogP contribution in [0.15, 0.2) is 24.3 Å². The van der Waals surface area contributed by atoms with E-state index in [1.807, 2.05) is 6.08 Å². The van der Waals surface area contributed by atoms with E-state index >= 15 is 0 Å². The molecule has 28 heavy (non-hydrogen) atoms. The van der Waals surface area contributed by atoms with Gasteiger partial charge in [0.05, 0.1) is 13.2 Å². The molecule has 0 bridgehead atoms. The highest BCUT2D eigenvalue weighted by Gasteiger charge is 2.32. The van der Waals surface area contributed by atoms with Gasteiger partial charge in [-0.15, -0.1) is 0 Å². The Morgan fingerprint density at radius 3 is 2.64 bits per heavy atom. The highest BCUT2D eigenvalue weighted by atomic mass is 16.5. The summed E-state index contributed by atoms with van der Waals surface area (Å²) in [5.41, 5.74) is 0. The lowest BCUT2D eigenvalue weighted by Gasteiger charge is -2.19. The van der Waals surface area contributed by atoms with Crippen molar-refractivity contribution in [3.63, 3.8) is 0 Å². The van der Waals surface area contributed by atoms with Crippen molar-refractivity contribution in [1.29, 1.82) is 0 Å². The standard InChI is InChI=1S/C23H38O5/c1-4-5-8-11-20(28-18(2)24)16-14-19-15-17-22(25)21(19)12-9-6-7-10-13-23(26)27-3/h6,9,14,16,19-22,25H,4-5,7-8,10-13,15,17H2,1-3H3/b9-6+,16-14+. The fraction of sp³-hybridized carbons (Fsp3) is 0.739. The van der Waals surface area contributed by atoms with Gasteiger partial charge in [-0.1, -0.05) is 38.0 Å². The topological polar surface area (TPSA) is 72.8 Å². The number of hydrogen-bond acceptors (Lipinski definition) is 5. The molecule has 4 atom stereocenters. The fourth-order valence-corrected chi connectivity index (χ4v) is 3.75. The molecule has 0 spiro atoms. The molecule has 1 fully saturated rings. The number of aliphatic hydroxyl groups excluding tert-OH is 1. The summed E-state index contributed by atoms with van der Waals surface area (Å²) in [6, 6.07) is 0. The number of carbonyl (C=O) groups excluding carboxylic acids is 2. The van der Waals surface area contributed by atoms with Crippen molar-refractivity contribution in [2.24, 2.45) is 11.8 Å². The van der Waals surface area contributed by atoms with Gasteiger partial charge in [0.2, 0.25) is 0 Å². The minimum Gasteiger partial charge on any atom is -0.469 e. The molecule has 1 rings (SSSR count). The van der Waals surface area contributed by atoms with Crippen molar-refractivity contribution < 1.29 is 24.2 Å². The van der Waals surface area contributed by atoms with Crippen molar-refractivity contribution in [3.8, 4) is 0 Å². The predicted octanol–water partition coefficient (Wildman–Crippen LogP) is 4.73. The van der Waals surface area contributed by atoms with Gasteiger partial charge in [0, 0.05) is 13.3 Å². The maximum Gasteiger partial charge on any atom is 0.305 e. The average molecular weight is 395 g/mol. The summed E-state index contributed by atoms with van der Waals surface area (Å²) in [6.45, 7) is 3.61. The van der Waals surface area contributed by atoms with Crippen LogP contribution in [0.5, 0.6) is 0 Å². The molecule has 0 aromatic heterocycles. The Morgan fingerprint density at radius 2 is 1.96 bits per heavy atom. The van der Waals surface area contributed by atoms with Crippen molar-refractivity contribution in [2.45, 2.75) is 90.3 Å². The van der Waals surface area contributed by atoms with E-state index in [0.29, 0.717) is 12.3 Å². The molecule has 5 nitrogen and oxygen atoms in total. The smallest absolute Gasteiger partial charge is 0.305 e. The first-order valence-corrected chi connectivity index (χ1v) is 10.7. The third kappa shape index (κ3) is 10.1. The lowest BCUT2D eigenvalue weighted by atomic mass is 9.90. The molecule has 0 aromatic rings. The third-order valence-electron chi connectivity index (χ3n) is 5.38. The van der Waals surface area contributed by atoms with Gasteiger partial charge in [0.15, 0.2) is 0 Å². The van der Waals surface area contributed by atoms with Crippen molar-refractivity contribution in [3.05, 3.63) is 24.3 Å². The molecule has 0 radical (unpaired) electrons. The lowest BCUT2D eigenvalue weighted by molar-refractivity contribution is -0.144. The van der Waals surface area contributed by atoms with Crippen LogP contribution in [0.1, 0.15) is 78.1 Å². The second kappa shape index (κ2) is 14.4. The minimum absolute atomic E-state index is 0.170. The summed E-state index contributed by atoms with van der Waals surface area (Å²) in [7, 11) is 1.41. The maximum absolute atomic E-state index is 11.4. The molecule has 0 amide bonds. The number of methoxy groups -OCH3 is 1. The van der Waals surface area contributed by atoms with E-state index in [1.54, 1.807) is 0 Å². The number of aliphatic hydroxyl groups is 1. The number of ether oxygens (including phenoxy) is 2.